The van der Waals surface area contributed by atoms with E-state index in [-0.39, 0.29) is 12.5 Å². The molecule has 2 amide bonds. The molecule has 11 heteroatoms. The Hall–Kier alpha value is -3.40. The average Bonchev–Trinajstić information content (AvgIpc) is 2.92. The molecule has 0 bridgehead atoms. The zero-order valence-corrected chi connectivity index (χ0v) is 24.6. The number of rotatable bonds is 10. The highest BCUT2D eigenvalue weighted by Crippen LogP contribution is 2.31. The van der Waals surface area contributed by atoms with Gasteiger partial charge < -0.3 is 10.6 Å². The molecular formula is C30H25Cl3N2O5S. The first-order chi connectivity index (χ1) is 19.5. The third-order valence-electron chi connectivity index (χ3n) is 6.26. The van der Waals surface area contributed by atoms with Crippen molar-refractivity contribution >= 4 is 62.4 Å². The van der Waals surface area contributed by atoms with Crippen LogP contribution in [0, 0.1) is 0 Å². The second-order valence-electron chi connectivity index (χ2n) is 9.24. The van der Waals surface area contributed by atoms with Crippen LogP contribution in [0.1, 0.15) is 27.4 Å². The molecule has 0 saturated carbocycles. The van der Waals surface area contributed by atoms with Crippen molar-refractivity contribution < 1.29 is 22.6 Å². The maximum atomic E-state index is 13.5. The second kappa shape index (κ2) is 13.5. The molecule has 0 fully saturated rings. The molecule has 212 valence electrons. The van der Waals surface area contributed by atoms with E-state index < -0.39 is 27.7 Å². The molecule has 0 spiro atoms. The molecule has 0 saturated heterocycles. The van der Waals surface area contributed by atoms with Crippen molar-refractivity contribution in [2.75, 3.05) is 17.6 Å². The fourth-order valence-corrected chi connectivity index (χ4v) is 5.27. The Balaban J connectivity index is 1.49. The van der Waals surface area contributed by atoms with Crippen molar-refractivity contribution in [2.45, 2.75) is 12.3 Å². The first-order valence-electron chi connectivity index (χ1n) is 12.4. The number of nitrogens with one attached hydrogen (secondary N) is 2. The number of amides is 2. The van der Waals surface area contributed by atoms with Crippen LogP contribution in [0.5, 0.6) is 0 Å². The van der Waals surface area contributed by atoms with Gasteiger partial charge in [0.1, 0.15) is 0 Å². The third kappa shape index (κ3) is 8.79. The minimum Gasteiger partial charge on any atom is -0.351 e. The van der Waals surface area contributed by atoms with Crippen LogP contribution in [-0.2, 0) is 21.3 Å². The van der Waals surface area contributed by atoms with Gasteiger partial charge in [-0.15, -0.1) is 0 Å². The number of halogens is 3. The van der Waals surface area contributed by atoms with Crippen molar-refractivity contribution in [1.29, 1.82) is 0 Å². The first kappa shape index (κ1) is 30.6. The topological polar surface area (TPSA) is 113 Å². The largest absolute Gasteiger partial charge is 0.351 e. The normalized spacial score (nSPS) is 12.0. The van der Waals surface area contributed by atoms with Gasteiger partial charge in [0, 0.05) is 38.4 Å². The molecule has 4 aromatic carbocycles. The van der Waals surface area contributed by atoms with Gasteiger partial charge in [0.15, 0.2) is 0 Å². The SMILES string of the molecule is O=C(NCCS(=O)(=O)O)c1ccc(CC(C(=O)Nc2ccc(-c3ccc(Cl)cc3Cl)cc2)c2cccc(Cl)c2)cc1. The Labute approximate surface area is 253 Å². The van der Waals surface area contributed by atoms with Crippen LogP contribution >= 0.6 is 34.8 Å². The van der Waals surface area contributed by atoms with Gasteiger partial charge in [-0.05, 0) is 71.6 Å². The Morgan fingerprint density at radius 2 is 1.51 bits per heavy atom. The number of hydrogen-bond acceptors (Lipinski definition) is 4. The lowest BCUT2D eigenvalue weighted by Crippen LogP contribution is -2.28. The Kier molecular flexibility index (Phi) is 10.1. The van der Waals surface area contributed by atoms with Crippen molar-refractivity contribution in [3.63, 3.8) is 0 Å². The molecule has 0 aliphatic rings. The molecule has 0 aliphatic heterocycles. The summed E-state index contributed by atoms with van der Waals surface area (Å²) in [6.45, 7) is -0.218. The van der Waals surface area contributed by atoms with E-state index >= 15 is 0 Å². The van der Waals surface area contributed by atoms with Crippen molar-refractivity contribution in [2.24, 2.45) is 0 Å². The molecular weight excluding hydrogens is 607 g/mol. The minimum absolute atomic E-state index is 0.218. The third-order valence-corrected chi connectivity index (χ3v) is 7.77. The summed E-state index contributed by atoms with van der Waals surface area (Å²) < 4.78 is 30.5. The number of carbonyl (C=O) groups is 2. The van der Waals surface area contributed by atoms with Gasteiger partial charge in [-0.3, -0.25) is 14.1 Å². The van der Waals surface area contributed by atoms with E-state index in [4.69, 9.17) is 39.4 Å². The van der Waals surface area contributed by atoms with Crippen LogP contribution in [0.3, 0.4) is 0 Å². The summed E-state index contributed by atoms with van der Waals surface area (Å²) >= 11 is 18.6. The van der Waals surface area contributed by atoms with Crippen LogP contribution in [0.15, 0.2) is 91.0 Å². The maximum absolute atomic E-state index is 13.5. The molecule has 4 aromatic rings. The number of carbonyl (C=O) groups excluding carboxylic acids is 2. The fourth-order valence-electron chi connectivity index (χ4n) is 4.19. The zero-order chi connectivity index (χ0) is 29.6. The lowest BCUT2D eigenvalue weighted by Gasteiger charge is -2.18. The highest BCUT2D eigenvalue weighted by Gasteiger charge is 2.22. The molecule has 0 radical (unpaired) electrons. The van der Waals surface area contributed by atoms with E-state index in [1.807, 2.05) is 24.3 Å². The Morgan fingerprint density at radius 3 is 2.15 bits per heavy atom. The maximum Gasteiger partial charge on any atom is 0.266 e. The van der Waals surface area contributed by atoms with E-state index in [0.29, 0.717) is 32.7 Å². The van der Waals surface area contributed by atoms with E-state index in [9.17, 15) is 18.0 Å². The molecule has 7 nitrogen and oxygen atoms in total. The molecule has 41 heavy (non-hydrogen) atoms. The predicted octanol–water partition coefficient (Wildman–Crippen LogP) is 6.90. The molecule has 0 aromatic heterocycles. The zero-order valence-electron chi connectivity index (χ0n) is 21.5. The van der Waals surface area contributed by atoms with Crippen molar-refractivity contribution in [1.82, 2.24) is 5.32 Å². The Morgan fingerprint density at radius 1 is 0.829 bits per heavy atom. The lowest BCUT2D eigenvalue weighted by molar-refractivity contribution is -0.117. The molecule has 1 unspecified atom stereocenters. The van der Waals surface area contributed by atoms with Gasteiger partial charge in [0.05, 0.1) is 11.7 Å². The monoisotopic (exact) mass is 630 g/mol. The smallest absolute Gasteiger partial charge is 0.266 e. The second-order valence-corrected chi connectivity index (χ2v) is 12.1. The minimum atomic E-state index is -4.17. The summed E-state index contributed by atoms with van der Waals surface area (Å²) in [5.74, 6) is -1.89. The summed E-state index contributed by atoms with van der Waals surface area (Å²) in [5, 5.41) is 6.99. The van der Waals surface area contributed by atoms with Gasteiger partial charge in [0.25, 0.3) is 16.0 Å². The first-order valence-corrected chi connectivity index (χ1v) is 15.2. The van der Waals surface area contributed by atoms with Gasteiger partial charge in [0.2, 0.25) is 5.91 Å². The van der Waals surface area contributed by atoms with Crippen molar-refractivity contribution in [3.05, 3.63) is 123 Å². The van der Waals surface area contributed by atoms with Gasteiger partial charge in [-0.2, -0.15) is 8.42 Å². The molecule has 0 heterocycles. The van der Waals surface area contributed by atoms with Crippen LogP contribution in [0.25, 0.3) is 11.1 Å². The standard InChI is InChI=1S/C30H25Cl3N2O5S/c31-23-3-1-2-22(17-23)27(16-19-4-6-21(7-5-19)29(36)34-14-15-41(38,39)40)30(37)35-25-11-8-20(9-12-25)26-13-10-24(32)18-28(26)33/h1-13,17-18,27H,14-16H2,(H,34,36)(H,35,37)(H,38,39,40). The highest BCUT2D eigenvalue weighted by atomic mass is 35.5. The van der Waals surface area contributed by atoms with E-state index in [2.05, 4.69) is 10.6 Å². The predicted molar refractivity (Wildman–Crippen MR) is 164 cm³/mol. The summed E-state index contributed by atoms with van der Waals surface area (Å²) in [5.41, 5.74) is 4.14. The molecule has 3 N–H and O–H groups in total. The van der Waals surface area contributed by atoms with Gasteiger partial charge in [-0.1, -0.05) is 77.3 Å². The van der Waals surface area contributed by atoms with Crippen molar-refractivity contribution in [3.8, 4) is 11.1 Å². The summed E-state index contributed by atoms with van der Waals surface area (Å²) in [7, 11) is -4.17. The summed E-state index contributed by atoms with van der Waals surface area (Å²) in [6.07, 6.45) is 0.329. The highest BCUT2D eigenvalue weighted by molar-refractivity contribution is 7.85. The van der Waals surface area contributed by atoms with E-state index in [1.165, 1.54) is 0 Å². The molecule has 4 rings (SSSR count). The van der Waals surface area contributed by atoms with Crippen LogP contribution < -0.4 is 10.6 Å². The summed E-state index contributed by atoms with van der Waals surface area (Å²) in [6, 6.07) is 26.3. The van der Waals surface area contributed by atoms with Crippen LogP contribution in [0.2, 0.25) is 15.1 Å². The quantitative estimate of drug-likeness (QED) is 0.165. The molecule has 1 atom stereocenters. The van der Waals surface area contributed by atoms with Gasteiger partial charge in [-0.25, -0.2) is 0 Å². The number of anilines is 1. The van der Waals surface area contributed by atoms with E-state index in [0.717, 1.165) is 22.3 Å². The summed E-state index contributed by atoms with van der Waals surface area (Å²) in [4.78, 5) is 25.8. The molecule has 0 aliphatic carbocycles. The lowest BCUT2D eigenvalue weighted by atomic mass is 9.90. The Bertz CT molecular complexity index is 1660. The van der Waals surface area contributed by atoms with E-state index in [1.54, 1.807) is 66.7 Å². The van der Waals surface area contributed by atoms with Crippen LogP contribution in [0.4, 0.5) is 5.69 Å². The number of hydrogen-bond donors (Lipinski definition) is 3. The van der Waals surface area contributed by atoms with Gasteiger partial charge >= 0.3 is 0 Å². The fraction of sp³-hybridized carbons (Fsp3) is 0.133. The van der Waals surface area contributed by atoms with Crippen LogP contribution in [-0.4, -0.2) is 37.1 Å². The number of benzene rings is 4. The average molecular weight is 632 g/mol.